The van der Waals surface area contributed by atoms with Crippen LogP contribution in [0.15, 0.2) is 29.2 Å². The van der Waals surface area contributed by atoms with Crippen molar-refractivity contribution in [3.05, 3.63) is 29.8 Å². The Morgan fingerprint density at radius 2 is 1.88 bits per heavy atom. The highest BCUT2D eigenvalue weighted by molar-refractivity contribution is 8.00. The summed E-state index contributed by atoms with van der Waals surface area (Å²) in [5.41, 5.74) is 1.21. The van der Waals surface area contributed by atoms with Crippen LogP contribution < -0.4 is 0 Å². The molecule has 0 aromatic heterocycles. The van der Waals surface area contributed by atoms with Gasteiger partial charge in [0.25, 0.3) is 0 Å². The van der Waals surface area contributed by atoms with Gasteiger partial charge in [-0.2, -0.15) is 0 Å². The van der Waals surface area contributed by atoms with Crippen molar-refractivity contribution in [2.45, 2.75) is 30.7 Å². The van der Waals surface area contributed by atoms with E-state index in [1.165, 1.54) is 17.3 Å². The average molecular weight is 348 g/mol. The van der Waals surface area contributed by atoms with E-state index < -0.39 is 0 Å². The summed E-state index contributed by atoms with van der Waals surface area (Å²) >= 11 is 1.54. The highest BCUT2D eigenvalue weighted by Gasteiger charge is 2.36. The molecular weight excluding hydrogens is 324 g/mol. The molecule has 1 atom stereocenters. The van der Waals surface area contributed by atoms with Crippen molar-refractivity contribution in [1.82, 2.24) is 9.80 Å². The van der Waals surface area contributed by atoms with Gasteiger partial charge in [-0.05, 0) is 31.9 Å². The van der Waals surface area contributed by atoms with Crippen LogP contribution in [0.4, 0.5) is 0 Å². The normalized spacial score (nSPS) is 21.1. The van der Waals surface area contributed by atoms with Gasteiger partial charge in [-0.3, -0.25) is 9.59 Å². The average Bonchev–Trinajstić information content (AvgIpc) is 3.11. The van der Waals surface area contributed by atoms with Gasteiger partial charge in [0.1, 0.15) is 6.04 Å². The summed E-state index contributed by atoms with van der Waals surface area (Å²) in [5.74, 6) is 0.532. The number of nitrogens with zero attached hydrogens (tertiary/aromatic N) is 2. The fourth-order valence-electron chi connectivity index (χ4n) is 3.18. The van der Waals surface area contributed by atoms with E-state index in [1.807, 2.05) is 36.1 Å². The summed E-state index contributed by atoms with van der Waals surface area (Å²) in [4.78, 5) is 30.0. The van der Waals surface area contributed by atoms with E-state index in [-0.39, 0.29) is 17.9 Å². The Balaban J connectivity index is 1.56. The third-order valence-electron chi connectivity index (χ3n) is 4.56. The number of aryl methyl sites for hydroxylation is 1. The number of thioether (sulfide) groups is 1. The van der Waals surface area contributed by atoms with Crippen molar-refractivity contribution in [1.29, 1.82) is 0 Å². The number of amides is 2. The van der Waals surface area contributed by atoms with Gasteiger partial charge in [-0.25, -0.2) is 0 Å². The topological polar surface area (TPSA) is 49.9 Å². The molecule has 0 unspecified atom stereocenters. The molecule has 6 heteroatoms. The number of benzene rings is 1. The maximum atomic E-state index is 12.7. The highest BCUT2D eigenvalue weighted by Crippen LogP contribution is 2.24. The van der Waals surface area contributed by atoms with E-state index in [0.29, 0.717) is 38.6 Å². The Morgan fingerprint density at radius 1 is 1.17 bits per heavy atom. The van der Waals surface area contributed by atoms with Crippen molar-refractivity contribution in [2.24, 2.45) is 0 Å². The molecule has 0 radical (unpaired) electrons. The molecule has 2 fully saturated rings. The van der Waals surface area contributed by atoms with Crippen LogP contribution in [0.2, 0.25) is 0 Å². The van der Waals surface area contributed by atoms with Crippen molar-refractivity contribution in [3.63, 3.8) is 0 Å². The molecule has 0 saturated carbocycles. The van der Waals surface area contributed by atoms with Crippen LogP contribution in [-0.4, -0.2) is 66.3 Å². The van der Waals surface area contributed by atoms with Gasteiger partial charge in [0.2, 0.25) is 11.8 Å². The van der Waals surface area contributed by atoms with E-state index in [4.69, 9.17) is 4.74 Å². The van der Waals surface area contributed by atoms with Gasteiger partial charge in [0.05, 0.1) is 19.0 Å². The van der Waals surface area contributed by atoms with Crippen molar-refractivity contribution in [2.75, 3.05) is 38.6 Å². The molecular formula is C18H24N2O3S. The van der Waals surface area contributed by atoms with Crippen LogP contribution in [-0.2, 0) is 14.3 Å². The molecule has 0 aliphatic carbocycles. The second-order valence-electron chi connectivity index (χ2n) is 6.28. The minimum atomic E-state index is -0.283. The number of morpholine rings is 1. The molecule has 2 aliphatic heterocycles. The SMILES string of the molecule is Cc1ccc(SCC(=O)N2CCC[C@H]2C(=O)N2CCOCC2)cc1. The summed E-state index contributed by atoms with van der Waals surface area (Å²) in [6, 6.07) is 7.89. The molecule has 0 spiro atoms. The largest absolute Gasteiger partial charge is 0.378 e. The summed E-state index contributed by atoms with van der Waals surface area (Å²) < 4.78 is 5.30. The lowest BCUT2D eigenvalue weighted by atomic mass is 10.2. The predicted molar refractivity (Wildman–Crippen MR) is 94.0 cm³/mol. The van der Waals surface area contributed by atoms with E-state index >= 15 is 0 Å². The standard InChI is InChI=1S/C18H24N2O3S/c1-14-4-6-15(7-5-14)24-13-17(21)20-8-2-3-16(20)18(22)19-9-11-23-12-10-19/h4-7,16H,2-3,8-13H2,1H3/t16-/m0/s1. The molecule has 1 aromatic carbocycles. The van der Waals surface area contributed by atoms with E-state index in [1.54, 1.807) is 4.90 Å². The summed E-state index contributed by atoms with van der Waals surface area (Å²) in [7, 11) is 0. The molecule has 2 saturated heterocycles. The first-order chi connectivity index (χ1) is 11.6. The van der Waals surface area contributed by atoms with Gasteiger partial charge in [-0.1, -0.05) is 17.7 Å². The first-order valence-electron chi connectivity index (χ1n) is 8.50. The monoisotopic (exact) mass is 348 g/mol. The van der Waals surface area contributed by atoms with Gasteiger partial charge < -0.3 is 14.5 Å². The minimum absolute atomic E-state index is 0.0599. The van der Waals surface area contributed by atoms with Crippen LogP contribution in [0, 0.1) is 6.92 Å². The first-order valence-corrected chi connectivity index (χ1v) is 9.49. The molecule has 0 bridgehead atoms. The lowest BCUT2D eigenvalue weighted by Crippen LogP contribution is -2.51. The first kappa shape index (κ1) is 17.3. The van der Waals surface area contributed by atoms with E-state index in [9.17, 15) is 9.59 Å². The molecule has 130 valence electrons. The zero-order valence-electron chi connectivity index (χ0n) is 14.1. The molecule has 1 aromatic rings. The Kier molecular flexibility index (Phi) is 5.79. The van der Waals surface area contributed by atoms with Crippen molar-refractivity contribution in [3.8, 4) is 0 Å². The Morgan fingerprint density at radius 3 is 2.58 bits per heavy atom. The minimum Gasteiger partial charge on any atom is -0.378 e. The molecule has 5 nitrogen and oxygen atoms in total. The molecule has 0 N–H and O–H groups in total. The zero-order chi connectivity index (χ0) is 16.9. The smallest absolute Gasteiger partial charge is 0.245 e. The summed E-state index contributed by atoms with van der Waals surface area (Å²) in [6.45, 7) is 5.19. The van der Waals surface area contributed by atoms with Crippen molar-refractivity contribution < 1.29 is 14.3 Å². The van der Waals surface area contributed by atoms with Gasteiger partial charge in [-0.15, -0.1) is 11.8 Å². The van der Waals surface area contributed by atoms with Crippen LogP contribution in [0.1, 0.15) is 18.4 Å². The number of carbonyl (C=O) groups is 2. The predicted octanol–water partition coefficient (Wildman–Crippen LogP) is 1.94. The van der Waals surface area contributed by atoms with Crippen molar-refractivity contribution >= 4 is 23.6 Å². The molecule has 2 amide bonds. The quantitative estimate of drug-likeness (QED) is 0.781. The maximum absolute atomic E-state index is 12.7. The number of likely N-dealkylation sites (tertiary alicyclic amines) is 1. The number of hydrogen-bond acceptors (Lipinski definition) is 4. The molecule has 2 aliphatic rings. The molecule has 24 heavy (non-hydrogen) atoms. The van der Waals surface area contributed by atoms with E-state index in [0.717, 1.165) is 17.7 Å². The number of carbonyl (C=O) groups excluding carboxylic acids is 2. The highest BCUT2D eigenvalue weighted by atomic mass is 32.2. The fourth-order valence-corrected chi connectivity index (χ4v) is 3.96. The maximum Gasteiger partial charge on any atom is 0.245 e. The molecule has 2 heterocycles. The lowest BCUT2D eigenvalue weighted by molar-refractivity contribution is -0.145. The fraction of sp³-hybridized carbons (Fsp3) is 0.556. The van der Waals surface area contributed by atoms with E-state index in [2.05, 4.69) is 0 Å². The van der Waals surface area contributed by atoms with Crippen LogP contribution in [0.3, 0.4) is 0 Å². The van der Waals surface area contributed by atoms with Gasteiger partial charge in [0, 0.05) is 24.5 Å². The lowest BCUT2D eigenvalue weighted by Gasteiger charge is -2.32. The third kappa shape index (κ3) is 4.11. The van der Waals surface area contributed by atoms with Gasteiger partial charge in [0.15, 0.2) is 0 Å². The van der Waals surface area contributed by atoms with Crippen LogP contribution >= 0.6 is 11.8 Å². The Bertz CT molecular complexity index is 584. The van der Waals surface area contributed by atoms with Crippen LogP contribution in [0.25, 0.3) is 0 Å². The number of rotatable bonds is 4. The third-order valence-corrected chi connectivity index (χ3v) is 5.56. The Hall–Kier alpha value is -1.53. The zero-order valence-corrected chi connectivity index (χ0v) is 14.9. The number of ether oxygens (including phenoxy) is 1. The van der Waals surface area contributed by atoms with Gasteiger partial charge >= 0.3 is 0 Å². The summed E-state index contributed by atoms with van der Waals surface area (Å²) in [5, 5.41) is 0. The Labute approximate surface area is 147 Å². The molecule has 3 rings (SSSR count). The second-order valence-corrected chi connectivity index (χ2v) is 7.33. The van der Waals surface area contributed by atoms with Crippen LogP contribution in [0.5, 0.6) is 0 Å². The second kappa shape index (κ2) is 8.03. The summed E-state index contributed by atoms with van der Waals surface area (Å²) in [6.07, 6.45) is 1.68. The number of hydrogen-bond donors (Lipinski definition) is 0.